The van der Waals surface area contributed by atoms with E-state index in [0.29, 0.717) is 10.9 Å². The Hall–Kier alpha value is -2.17. The van der Waals surface area contributed by atoms with E-state index in [2.05, 4.69) is 9.97 Å². The molecule has 0 radical (unpaired) electrons. The number of carboxylic acids is 1. The molecule has 2 N–H and O–H groups in total. The fraction of sp³-hybridized carbons (Fsp3) is 0. The maximum atomic E-state index is 10.9. The van der Waals surface area contributed by atoms with Gasteiger partial charge in [-0.2, -0.15) is 0 Å². The number of carbonyl (C=O) groups is 1. The average molecular weight is 190 g/mol. The summed E-state index contributed by atoms with van der Waals surface area (Å²) in [4.78, 5) is 27.9. The molecule has 0 aliphatic heterocycles. The van der Waals surface area contributed by atoms with Gasteiger partial charge in [-0.05, 0) is 12.1 Å². The molecule has 5 heteroatoms. The number of nitrogens with one attached hydrogen (secondary N) is 1. The van der Waals surface area contributed by atoms with Gasteiger partial charge in [0.1, 0.15) is 0 Å². The summed E-state index contributed by atoms with van der Waals surface area (Å²) >= 11 is 0. The molecule has 2 aromatic heterocycles. The highest BCUT2D eigenvalue weighted by Gasteiger charge is 2.09. The number of fused-ring (bicyclic) bond motifs is 1. The number of aromatic amines is 1. The largest absolute Gasteiger partial charge is 0.476 e. The van der Waals surface area contributed by atoms with E-state index in [4.69, 9.17) is 5.11 Å². The summed E-state index contributed by atoms with van der Waals surface area (Å²) in [6.07, 6.45) is 1.35. The van der Waals surface area contributed by atoms with Crippen LogP contribution >= 0.6 is 0 Å². The van der Waals surface area contributed by atoms with Gasteiger partial charge in [0, 0.05) is 17.6 Å². The number of aromatic carboxylic acids is 1. The first-order chi connectivity index (χ1) is 6.68. The Bertz CT molecular complexity index is 559. The van der Waals surface area contributed by atoms with Crippen molar-refractivity contribution in [1.29, 1.82) is 0 Å². The molecule has 2 aromatic rings. The maximum absolute atomic E-state index is 10.9. The highest BCUT2D eigenvalue weighted by molar-refractivity contribution is 6.00. The SMILES string of the molecule is O=C(O)c1nccc2[nH]c(=O)ccc12. The Kier molecular flexibility index (Phi) is 1.78. The lowest BCUT2D eigenvalue weighted by Crippen LogP contribution is -2.06. The molecule has 0 bridgehead atoms. The average Bonchev–Trinajstić information content (AvgIpc) is 2.16. The predicted octanol–water partition coefficient (Wildman–Crippen LogP) is 0.621. The first kappa shape index (κ1) is 8.43. The second-order valence-corrected chi connectivity index (χ2v) is 2.75. The minimum Gasteiger partial charge on any atom is -0.476 e. The predicted molar refractivity (Wildman–Crippen MR) is 49.3 cm³/mol. The molecule has 0 spiro atoms. The summed E-state index contributed by atoms with van der Waals surface area (Å²) in [6.45, 7) is 0. The lowest BCUT2D eigenvalue weighted by atomic mass is 10.2. The van der Waals surface area contributed by atoms with E-state index >= 15 is 0 Å². The lowest BCUT2D eigenvalue weighted by Gasteiger charge is -1.99. The number of rotatable bonds is 1. The molecule has 0 aliphatic carbocycles. The monoisotopic (exact) mass is 190 g/mol. The van der Waals surface area contributed by atoms with E-state index in [9.17, 15) is 9.59 Å². The fourth-order valence-corrected chi connectivity index (χ4v) is 1.25. The quantitative estimate of drug-likeness (QED) is 0.690. The van der Waals surface area contributed by atoms with E-state index in [1.807, 2.05) is 0 Å². The molecule has 2 rings (SSSR count). The van der Waals surface area contributed by atoms with Crippen molar-refractivity contribution in [3.05, 3.63) is 40.4 Å². The third kappa shape index (κ3) is 1.24. The van der Waals surface area contributed by atoms with Crippen LogP contribution in [-0.2, 0) is 0 Å². The number of hydrogen-bond acceptors (Lipinski definition) is 3. The van der Waals surface area contributed by atoms with Gasteiger partial charge >= 0.3 is 5.97 Å². The summed E-state index contributed by atoms with van der Waals surface area (Å²) < 4.78 is 0. The molecule has 0 aromatic carbocycles. The van der Waals surface area contributed by atoms with Crippen molar-refractivity contribution < 1.29 is 9.90 Å². The third-order valence-electron chi connectivity index (χ3n) is 1.85. The Morgan fingerprint density at radius 3 is 2.86 bits per heavy atom. The Labute approximate surface area is 78.0 Å². The second-order valence-electron chi connectivity index (χ2n) is 2.75. The normalized spacial score (nSPS) is 10.3. The fourth-order valence-electron chi connectivity index (χ4n) is 1.25. The minimum atomic E-state index is -1.11. The van der Waals surface area contributed by atoms with Gasteiger partial charge in [0.15, 0.2) is 5.69 Å². The van der Waals surface area contributed by atoms with E-state index in [1.165, 1.54) is 18.3 Å². The molecular weight excluding hydrogens is 184 g/mol. The Morgan fingerprint density at radius 1 is 1.36 bits per heavy atom. The molecule has 0 amide bonds. The van der Waals surface area contributed by atoms with Crippen LogP contribution in [0.5, 0.6) is 0 Å². The van der Waals surface area contributed by atoms with E-state index in [-0.39, 0.29) is 11.3 Å². The molecular formula is C9H6N2O3. The molecule has 70 valence electrons. The summed E-state index contributed by atoms with van der Waals surface area (Å²) in [6, 6.07) is 4.28. The van der Waals surface area contributed by atoms with Gasteiger partial charge in [0.05, 0.1) is 5.52 Å². The molecule has 2 heterocycles. The zero-order valence-electron chi connectivity index (χ0n) is 7.02. The molecule has 0 saturated heterocycles. The van der Waals surface area contributed by atoms with Crippen LogP contribution < -0.4 is 5.56 Å². The van der Waals surface area contributed by atoms with Gasteiger partial charge in [0.2, 0.25) is 5.56 Å². The number of hydrogen-bond donors (Lipinski definition) is 2. The van der Waals surface area contributed by atoms with E-state index in [0.717, 1.165) is 0 Å². The number of pyridine rings is 2. The van der Waals surface area contributed by atoms with Crippen molar-refractivity contribution >= 4 is 16.9 Å². The highest BCUT2D eigenvalue weighted by Crippen LogP contribution is 2.11. The van der Waals surface area contributed by atoms with Crippen LogP contribution in [-0.4, -0.2) is 21.0 Å². The van der Waals surface area contributed by atoms with Gasteiger partial charge in [-0.1, -0.05) is 0 Å². The Morgan fingerprint density at radius 2 is 2.14 bits per heavy atom. The lowest BCUT2D eigenvalue weighted by molar-refractivity contribution is 0.0693. The third-order valence-corrected chi connectivity index (χ3v) is 1.85. The van der Waals surface area contributed by atoms with Crippen molar-refractivity contribution in [1.82, 2.24) is 9.97 Å². The van der Waals surface area contributed by atoms with Crippen LogP contribution in [0.1, 0.15) is 10.5 Å². The molecule has 0 unspecified atom stereocenters. The topological polar surface area (TPSA) is 83.0 Å². The van der Waals surface area contributed by atoms with E-state index in [1.54, 1.807) is 6.07 Å². The Balaban J connectivity index is 2.88. The molecule has 5 nitrogen and oxygen atoms in total. The van der Waals surface area contributed by atoms with Crippen LogP contribution in [0.2, 0.25) is 0 Å². The standard InChI is InChI=1S/C9H6N2O3/c12-7-2-1-5-6(11-7)3-4-10-8(5)9(13)14/h1-4H,(H,11,12)(H,13,14). The maximum Gasteiger partial charge on any atom is 0.355 e. The summed E-state index contributed by atoms with van der Waals surface area (Å²) in [5.41, 5.74) is 0.156. The first-order valence-corrected chi connectivity index (χ1v) is 3.90. The van der Waals surface area contributed by atoms with Crippen molar-refractivity contribution in [2.75, 3.05) is 0 Å². The van der Waals surface area contributed by atoms with Crippen LogP contribution in [0.3, 0.4) is 0 Å². The number of H-pyrrole nitrogens is 1. The van der Waals surface area contributed by atoms with Gasteiger partial charge < -0.3 is 10.1 Å². The van der Waals surface area contributed by atoms with Crippen LogP contribution in [0.25, 0.3) is 10.9 Å². The van der Waals surface area contributed by atoms with Crippen molar-refractivity contribution in [3.8, 4) is 0 Å². The number of aromatic nitrogens is 2. The van der Waals surface area contributed by atoms with Crippen LogP contribution in [0, 0.1) is 0 Å². The summed E-state index contributed by atoms with van der Waals surface area (Å²) in [5.74, 6) is -1.11. The van der Waals surface area contributed by atoms with E-state index < -0.39 is 5.97 Å². The van der Waals surface area contributed by atoms with Gasteiger partial charge in [0.25, 0.3) is 0 Å². The van der Waals surface area contributed by atoms with Crippen LogP contribution in [0.15, 0.2) is 29.2 Å². The van der Waals surface area contributed by atoms with Crippen molar-refractivity contribution in [3.63, 3.8) is 0 Å². The molecule has 0 atom stereocenters. The van der Waals surface area contributed by atoms with Crippen LogP contribution in [0.4, 0.5) is 0 Å². The zero-order valence-corrected chi connectivity index (χ0v) is 7.02. The first-order valence-electron chi connectivity index (χ1n) is 3.90. The highest BCUT2D eigenvalue weighted by atomic mass is 16.4. The van der Waals surface area contributed by atoms with Gasteiger partial charge in [-0.15, -0.1) is 0 Å². The number of nitrogens with zero attached hydrogens (tertiary/aromatic N) is 1. The summed E-state index contributed by atoms with van der Waals surface area (Å²) in [7, 11) is 0. The molecule has 0 aliphatic rings. The molecule has 14 heavy (non-hydrogen) atoms. The zero-order chi connectivity index (χ0) is 10.1. The van der Waals surface area contributed by atoms with Crippen molar-refractivity contribution in [2.24, 2.45) is 0 Å². The minimum absolute atomic E-state index is 0.0567. The second kappa shape index (κ2) is 2.95. The molecule has 0 fully saturated rings. The van der Waals surface area contributed by atoms with Gasteiger partial charge in [-0.25, -0.2) is 9.78 Å². The molecule has 0 saturated carbocycles. The smallest absolute Gasteiger partial charge is 0.355 e. The summed E-state index contributed by atoms with van der Waals surface area (Å²) in [5, 5.41) is 9.23. The van der Waals surface area contributed by atoms with Crippen molar-refractivity contribution in [2.45, 2.75) is 0 Å². The van der Waals surface area contributed by atoms with Gasteiger partial charge in [-0.3, -0.25) is 4.79 Å². The number of carboxylic acid groups (broad SMARTS) is 1.